The molecule has 4 rings (SSSR count). The molecule has 1 aromatic heterocycles. The monoisotopic (exact) mass is 571 g/mol. The van der Waals surface area contributed by atoms with Gasteiger partial charge in [0, 0.05) is 23.6 Å². The Labute approximate surface area is 243 Å². The minimum atomic E-state index is -4.56. The van der Waals surface area contributed by atoms with Gasteiger partial charge < -0.3 is 5.73 Å². The maximum Gasteiger partial charge on any atom is 0.451 e. The van der Waals surface area contributed by atoms with E-state index in [4.69, 9.17) is 5.73 Å². The smallest absolute Gasteiger partial charge is 0.399 e. The first-order chi connectivity index (χ1) is 19.5. The Morgan fingerprint density at radius 3 is 2.05 bits per heavy atom. The summed E-state index contributed by atoms with van der Waals surface area (Å²) in [6.45, 7) is 10.6. The third-order valence-corrected chi connectivity index (χ3v) is 7.13. The molecule has 0 spiro atoms. The van der Waals surface area contributed by atoms with Gasteiger partial charge in [-0.3, -0.25) is 4.39 Å². The number of anilines is 1. The number of nitrogens with two attached hydrogens (primary N) is 1. The first kappa shape index (κ1) is 34.0. The van der Waals surface area contributed by atoms with Crippen LogP contribution in [0.3, 0.4) is 0 Å². The van der Waals surface area contributed by atoms with E-state index >= 15 is 0 Å². The van der Waals surface area contributed by atoms with E-state index in [0.29, 0.717) is 17.7 Å². The van der Waals surface area contributed by atoms with Crippen molar-refractivity contribution in [1.82, 2.24) is 9.97 Å². The average molecular weight is 572 g/mol. The highest BCUT2D eigenvalue weighted by molar-refractivity contribution is 5.99. The number of unbranched alkanes of at least 4 members (excludes halogenated alkanes) is 1. The Morgan fingerprint density at radius 1 is 0.902 bits per heavy atom. The SMILES string of the molecule is CCCC(C)CC.CCCCF.Cc1ccc(C2=C(c3cnc(C(F)(F)F)nc3)CCCc3cc(N)ccc32)cc1. The largest absolute Gasteiger partial charge is 0.451 e. The number of aryl methyl sites for hydroxylation is 2. The van der Waals surface area contributed by atoms with Crippen LogP contribution in [0.5, 0.6) is 0 Å². The van der Waals surface area contributed by atoms with Crippen LogP contribution in [0, 0.1) is 12.8 Å². The fraction of sp³-hybridized carbons (Fsp3) is 0.471. The van der Waals surface area contributed by atoms with Gasteiger partial charge in [-0.25, -0.2) is 9.97 Å². The normalized spacial score (nSPS) is 13.7. The van der Waals surface area contributed by atoms with Gasteiger partial charge in [-0.2, -0.15) is 13.2 Å². The molecule has 3 nitrogen and oxygen atoms in total. The number of allylic oxidation sites excluding steroid dienone is 1. The Morgan fingerprint density at radius 2 is 1.56 bits per heavy atom. The first-order valence-electron chi connectivity index (χ1n) is 14.7. The van der Waals surface area contributed by atoms with E-state index < -0.39 is 12.0 Å². The van der Waals surface area contributed by atoms with E-state index in [1.807, 2.05) is 56.3 Å². The van der Waals surface area contributed by atoms with E-state index in [1.54, 1.807) is 0 Å². The molecule has 1 aliphatic rings. The van der Waals surface area contributed by atoms with Crippen molar-refractivity contribution < 1.29 is 17.6 Å². The molecule has 1 atom stereocenters. The van der Waals surface area contributed by atoms with Crippen LogP contribution in [0.4, 0.5) is 23.2 Å². The lowest BCUT2D eigenvalue weighted by Crippen LogP contribution is -2.11. The summed E-state index contributed by atoms with van der Waals surface area (Å²) in [4.78, 5) is 7.16. The molecular formula is C34H45F4N3. The lowest BCUT2D eigenvalue weighted by atomic mass is 9.88. The maximum atomic E-state index is 12.9. The van der Waals surface area contributed by atoms with Crippen LogP contribution in [0.15, 0.2) is 54.9 Å². The van der Waals surface area contributed by atoms with Crippen molar-refractivity contribution in [1.29, 1.82) is 0 Å². The zero-order valence-corrected chi connectivity index (χ0v) is 25.1. The van der Waals surface area contributed by atoms with Crippen molar-refractivity contribution in [2.24, 2.45) is 5.92 Å². The number of nitrogen functional groups attached to an aromatic ring is 1. The van der Waals surface area contributed by atoms with Gasteiger partial charge in [0.2, 0.25) is 5.82 Å². The summed E-state index contributed by atoms with van der Waals surface area (Å²) in [7, 11) is 0. The van der Waals surface area contributed by atoms with Gasteiger partial charge >= 0.3 is 6.18 Å². The standard InChI is InChI=1S/C23H20F3N3.C7H16.C4H9F/c1-14-5-7-15(8-6-14)21-19(17-12-28-22(29-13-17)23(24,25)26)4-2-3-16-11-18(27)9-10-20(16)21;1-4-6-7(3)5-2;1-2-3-4-5/h5-13H,2-4,27H2,1H3;7H,4-6H2,1-3H3;2-4H2,1H3. The number of rotatable bonds is 7. The fourth-order valence-electron chi connectivity index (χ4n) is 4.61. The lowest BCUT2D eigenvalue weighted by molar-refractivity contribution is -0.145. The molecule has 0 bridgehead atoms. The summed E-state index contributed by atoms with van der Waals surface area (Å²) in [5.74, 6) is -0.175. The Hall–Kier alpha value is -3.22. The van der Waals surface area contributed by atoms with Crippen molar-refractivity contribution >= 4 is 16.8 Å². The van der Waals surface area contributed by atoms with Crippen LogP contribution in [-0.2, 0) is 12.6 Å². The number of aromatic nitrogens is 2. The molecule has 1 aliphatic carbocycles. The molecule has 1 heterocycles. The molecule has 7 heteroatoms. The summed E-state index contributed by atoms with van der Waals surface area (Å²) in [5.41, 5.74) is 13.6. The number of hydrogen-bond acceptors (Lipinski definition) is 3. The zero-order valence-electron chi connectivity index (χ0n) is 25.1. The van der Waals surface area contributed by atoms with Gasteiger partial charge in [0.15, 0.2) is 0 Å². The Bertz CT molecular complexity index is 1210. The topological polar surface area (TPSA) is 51.8 Å². The second kappa shape index (κ2) is 16.9. The minimum absolute atomic E-state index is 0.156. The minimum Gasteiger partial charge on any atom is -0.399 e. The van der Waals surface area contributed by atoms with Crippen LogP contribution < -0.4 is 5.73 Å². The van der Waals surface area contributed by atoms with Gasteiger partial charge in [-0.05, 0) is 78.5 Å². The molecule has 0 radical (unpaired) electrons. The number of halogens is 4. The number of nitrogens with zero attached hydrogens (tertiary/aromatic N) is 2. The molecule has 0 saturated carbocycles. The van der Waals surface area contributed by atoms with Gasteiger partial charge in [0.05, 0.1) is 6.67 Å². The van der Waals surface area contributed by atoms with Crippen molar-refractivity contribution in [3.63, 3.8) is 0 Å². The predicted octanol–water partition coefficient (Wildman–Crippen LogP) is 10.3. The molecule has 2 N–H and O–H groups in total. The Balaban J connectivity index is 0.000000414. The van der Waals surface area contributed by atoms with Gasteiger partial charge in [0.25, 0.3) is 0 Å². The van der Waals surface area contributed by atoms with E-state index in [1.165, 1.54) is 31.7 Å². The summed E-state index contributed by atoms with van der Waals surface area (Å²) in [6.07, 6.45) is 6.20. The van der Waals surface area contributed by atoms with Crippen molar-refractivity contribution in [3.05, 3.63) is 88.5 Å². The van der Waals surface area contributed by atoms with E-state index in [0.717, 1.165) is 65.0 Å². The molecule has 0 fully saturated rings. The molecule has 3 aromatic rings. The van der Waals surface area contributed by atoms with Crippen molar-refractivity contribution in [2.75, 3.05) is 12.4 Å². The second-order valence-corrected chi connectivity index (χ2v) is 10.6. The van der Waals surface area contributed by atoms with Crippen LogP contribution in [-0.4, -0.2) is 16.6 Å². The molecule has 224 valence electrons. The van der Waals surface area contributed by atoms with E-state index in [9.17, 15) is 17.6 Å². The van der Waals surface area contributed by atoms with Gasteiger partial charge in [-0.1, -0.05) is 89.3 Å². The Kier molecular flexibility index (Phi) is 14.0. The van der Waals surface area contributed by atoms with Crippen LogP contribution in [0.1, 0.15) is 106 Å². The highest BCUT2D eigenvalue weighted by Crippen LogP contribution is 2.40. The van der Waals surface area contributed by atoms with Crippen molar-refractivity contribution in [2.45, 2.75) is 92.2 Å². The molecule has 0 amide bonds. The lowest BCUT2D eigenvalue weighted by Gasteiger charge is -2.17. The third kappa shape index (κ3) is 10.6. The van der Waals surface area contributed by atoms with Crippen LogP contribution >= 0.6 is 0 Å². The summed E-state index contributed by atoms with van der Waals surface area (Å²) >= 11 is 0. The molecular weight excluding hydrogens is 526 g/mol. The third-order valence-electron chi connectivity index (χ3n) is 7.13. The van der Waals surface area contributed by atoms with E-state index in [2.05, 4.69) is 30.7 Å². The van der Waals surface area contributed by atoms with E-state index in [-0.39, 0.29) is 6.67 Å². The molecule has 41 heavy (non-hydrogen) atoms. The van der Waals surface area contributed by atoms with Crippen LogP contribution in [0.2, 0.25) is 0 Å². The molecule has 1 unspecified atom stereocenters. The number of fused-ring (bicyclic) bond motifs is 1. The highest BCUT2D eigenvalue weighted by atomic mass is 19.4. The predicted molar refractivity (Wildman–Crippen MR) is 163 cm³/mol. The molecule has 0 saturated heterocycles. The number of benzene rings is 2. The fourth-order valence-corrected chi connectivity index (χ4v) is 4.61. The summed E-state index contributed by atoms with van der Waals surface area (Å²) in [5, 5.41) is 0. The second-order valence-electron chi connectivity index (χ2n) is 10.6. The summed E-state index contributed by atoms with van der Waals surface area (Å²) in [6, 6.07) is 14.0. The van der Waals surface area contributed by atoms with Gasteiger partial charge in [-0.15, -0.1) is 0 Å². The summed E-state index contributed by atoms with van der Waals surface area (Å²) < 4.78 is 49.7. The van der Waals surface area contributed by atoms with Crippen molar-refractivity contribution in [3.8, 4) is 0 Å². The number of hydrogen-bond donors (Lipinski definition) is 1. The molecule has 2 aromatic carbocycles. The van der Waals surface area contributed by atoms with Crippen LogP contribution in [0.25, 0.3) is 11.1 Å². The number of alkyl halides is 4. The highest BCUT2D eigenvalue weighted by Gasteiger charge is 2.34. The molecule has 0 aliphatic heterocycles. The quantitative estimate of drug-likeness (QED) is 0.227. The van der Waals surface area contributed by atoms with Gasteiger partial charge in [0.1, 0.15) is 0 Å². The zero-order chi connectivity index (χ0) is 30.4. The average Bonchev–Trinajstić information content (AvgIpc) is 3.13. The first-order valence-corrected chi connectivity index (χ1v) is 14.7. The maximum absolute atomic E-state index is 12.9.